The van der Waals surface area contributed by atoms with Gasteiger partial charge in [-0.15, -0.1) is 0 Å². The molecule has 2 aromatic rings. The molecule has 5 nitrogen and oxygen atoms in total. The number of benzene rings is 1. The zero-order chi connectivity index (χ0) is 25.5. The Kier molecular flexibility index (Phi) is 6.79. The molecule has 2 N–H and O–H groups in total. The molecule has 1 aromatic carbocycles. The van der Waals surface area contributed by atoms with E-state index in [9.17, 15) is 40.5 Å². The number of rotatable bonds is 7. The average molecular weight is 508 g/mol. The molecule has 0 bridgehead atoms. The number of amides is 1. The molecular weight excluding hydrogens is 486 g/mol. The van der Waals surface area contributed by atoms with Crippen LogP contribution in [-0.4, -0.2) is 44.2 Å². The largest absolute Gasteiger partial charge is 0.430 e. The van der Waals surface area contributed by atoms with Gasteiger partial charge < -0.3 is 10.4 Å². The van der Waals surface area contributed by atoms with Crippen LogP contribution >= 0.6 is 0 Å². The van der Waals surface area contributed by atoms with Gasteiger partial charge in [0, 0.05) is 32.7 Å². The first-order valence-corrected chi connectivity index (χ1v) is 12.0. The third-order valence-corrected chi connectivity index (χ3v) is 7.50. The Morgan fingerprint density at radius 3 is 2.24 bits per heavy atom. The van der Waals surface area contributed by atoms with Gasteiger partial charge in [-0.3, -0.25) is 9.00 Å². The van der Waals surface area contributed by atoms with E-state index in [1.807, 2.05) is 0 Å². The molecule has 0 spiro atoms. The zero-order valence-corrected chi connectivity index (χ0v) is 18.8. The van der Waals surface area contributed by atoms with Crippen LogP contribution < -0.4 is 5.32 Å². The van der Waals surface area contributed by atoms with Gasteiger partial charge in [-0.2, -0.15) is 26.3 Å². The fourth-order valence-electron chi connectivity index (χ4n) is 3.38. The van der Waals surface area contributed by atoms with Crippen LogP contribution in [0.3, 0.4) is 0 Å². The molecule has 0 aliphatic heterocycles. The fourth-order valence-corrected chi connectivity index (χ4v) is 5.21. The lowest BCUT2D eigenvalue weighted by Crippen LogP contribution is -2.53. The normalized spacial score (nSPS) is 16.7. The summed E-state index contributed by atoms with van der Waals surface area (Å²) >= 11 is 0. The number of halogens is 6. The van der Waals surface area contributed by atoms with E-state index in [-0.39, 0.29) is 17.7 Å². The number of pyridine rings is 1. The van der Waals surface area contributed by atoms with Crippen molar-refractivity contribution in [3.8, 4) is 0 Å². The fraction of sp³-hybridized carbons (Fsp3) is 0.409. The third kappa shape index (κ3) is 5.38. The highest BCUT2D eigenvalue weighted by Crippen LogP contribution is 2.50. The highest BCUT2D eigenvalue weighted by Gasteiger charge is 2.71. The van der Waals surface area contributed by atoms with Gasteiger partial charge in [0.25, 0.3) is 5.60 Å². The number of carbonyl (C=O) groups is 1. The van der Waals surface area contributed by atoms with E-state index in [1.54, 1.807) is 6.07 Å². The maximum atomic E-state index is 13.1. The predicted octanol–water partition coefficient (Wildman–Crippen LogP) is 4.37. The van der Waals surface area contributed by atoms with E-state index in [0.717, 1.165) is 18.9 Å². The summed E-state index contributed by atoms with van der Waals surface area (Å²) in [6, 6.07) is 4.93. The topological polar surface area (TPSA) is 79.3 Å². The van der Waals surface area contributed by atoms with Gasteiger partial charge in [0.05, 0.1) is 6.42 Å². The summed E-state index contributed by atoms with van der Waals surface area (Å²) in [5.74, 6) is 4.00. The molecule has 34 heavy (non-hydrogen) atoms. The smallest absolute Gasteiger partial charge is 0.369 e. The number of aliphatic hydroxyl groups is 1. The Hall–Kier alpha value is -2.60. The Morgan fingerprint density at radius 1 is 1.15 bits per heavy atom. The van der Waals surface area contributed by atoms with Crippen molar-refractivity contribution in [1.82, 2.24) is 4.98 Å². The molecule has 1 atom stereocenters. The van der Waals surface area contributed by atoms with Crippen LogP contribution in [0, 0.1) is 12.8 Å². The Morgan fingerprint density at radius 2 is 1.76 bits per heavy atom. The summed E-state index contributed by atoms with van der Waals surface area (Å²) in [6.45, 7) is 1.20. The summed E-state index contributed by atoms with van der Waals surface area (Å²) in [7, 11) is -2.53. The van der Waals surface area contributed by atoms with Crippen molar-refractivity contribution in [1.29, 1.82) is 0 Å². The summed E-state index contributed by atoms with van der Waals surface area (Å²) in [4.78, 5) is 16.5. The second-order valence-corrected chi connectivity index (χ2v) is 10.8. The molecule has 1 aliphatic rings. The first-order valence-electron chi connectivity index (χ1n) is 10.1. The quantitative estimate of drug-likeness (QED) is 0.430. The molecule has 1 saturated carbocycles. The number of nitrogens with one attached hydrogen (secondary N) is 1. The van der Waals surface area contributed by atoms with Crippen molar-refractivity contribution in [2.45, 2.75) is 49.2 Å². The number of alkyl halides is 6. The lowest BCUT2D eigenvalue weighted by molar-refractivity contribution is -0.376. The molecule has 186 valence electrons. The van der Waals surface area contributed by atoms with Gasteiger partial charge in [-0.05, 0) is 54.8 Å². The molecule has 1 heterocycles. The maximum Gasteiger partial charge on any atom is 0.430 e. The van der Waals surface area contributed by atoms with Crippen molar-refractivity contribution in [3.63, 3.8) is 0 Å². The number of nitrogens with zero attached hydrogens (tertiary/aromatic N) is 1. The molecule has 1 fully saturated rings. The first-order chi connectivity index (χ1) is 15.5. The Bertz CT molecular complexity index is 1160. The first kappa shape index (κ1) is 26.0. The van der Waals surface area contributed by atoms with Gasteiger partial charge in [0.2, 0.25) is 5.91 Å². The molecule has 1 aliphatic carbocycles. The lowest BCUT2D eigenvalue weighted by atomic mass is 9.90. The average Bonchev–Trinajstić information content (AvgIpc) is 3.51. The minimum absolute atomic E-state index is 0.0183. The van der Waals surface area contributed by atoms with E-state index < -0.39 is 38.9 Å². The molecule has 3 rings (SSSR count). The van der Waals surface area contributed by atoms with Crippen LogP contribution in [-0.2, 0) is 26.3 Å². The summed E-state index contributed by atoms with van der Waals surface area (Å²) < 4.78 is 91.1. The second-order valence-electron chi connectivity index (χ2n) is 8.39. The zero-order valence-electron chi connectivity index (χ0n) is 18.0. The third-order valence-electron chi connectivity index (χ3n) is 5.48. The van der Waals surface area contributed by atoms with Gasteiger partial charge in [-0.1, -0.05) is 18.2 Å². The standard InChI is InChI=1S/C22H22F6N2O3S/c1-13-9-16(20(32,21(23,24)25)22(26,27)28)6-7-17(13)30-18(31)10-15-5-8-19(29-11-15)34(2,33)12-14-3-4-14/h5-9,11,14,32H,2-4,10,12H2,1H3,(H,30,31). The molecule has 1 aromatic heterocycles. The number of aryl methyl sites for hydroxylation is 1. The van der Waals surface area contributed by atoms with Crippen molar-refractivity contribution >= 4 is 27.0 Å². The van der Waals surface area contributed by atoms with E-state index in [4.69, 9.17) is 0 Å². The van der Waals surface area contributed by atoms with Crippen LogP contribution in [0.1, 0.15) is 29.5 Å². The molecule has 0 radical (unpaired) electrons. The number of carbonyl (C=O) groups excluding carboxylic acids is 1. The van der Waals surface area contributed by atoms with Crippen LogP contribution in [0.2, 0.25) is 0 Å². The molecule has 12 heteroatoms. The Balaban J connectivity index is 1.72. The highest BCUT2D eigenvalue weighted by atomic mass is 32.2. The lowest BCUT2D eigenvalue weighted by Gasteiger charge is -2.33. The van der Waals surface area contributed by atoms with Gasteiger partial charge in [0.1, 0.15) is 5.03 Å². The molecule has 0 saturated heterocycles. The molecule has 1 amide bonds. The summed E-state index contributed by atoms with van der Waals surface area (Å²) in [5, 5.41) is 12.3. The number of aromatic nitrogens is 1. The van der Waals surface area contributed by atoms with E-state index in [2.05, 4.69) is 16.2 Å². The van der Waals surface area contributed by atoms with E-state index in [0.29, 0.717) is 34.4 Å². The number of hydrogen-bond acceptors (Lipinski definition) is 4. The van der Waals surface area contributed by atoms with Crippen molar-refractivity contribution in [2.75, 3.05) is 11.1 Å². The van der Waals surface area contributed by atoms with Gasteiger partial charge in [-0.25, -0.2) is 4.98 Å². The molecular formula is C22H22F6N2O3S. The molecule has 1 unspecified atom stereocenters. The van der Waals surface area contributed by atoms with Crippen molar-refractivity contribution in [2.24, 2.45) is 5.92 Å². The van der Waals surface area contributed by atoms with Gasteiger partial charge in [0.15, 0.2) is 0 Å². The number of anilines is 1. The minimum atomic E-state index is -6.00. The Labute approximate surface area is 192 Å². The predicted molar refractivity (Wildman–Crippen MR) is 115 cm³/mol. The van der Waals surface area contributed by atoms with Crippen molar-refractivity contribution in [3.05, 3.63) is 53.2 Å². The highest BCUT2D eigenvalue weighted by molar-refractivity contribution is 8.00. The van der Waals surface area contributed by atoms with Crippen LogP contribution in [0.5, 0.6) is 0 Å². The van der Waals surface area contributed by atoms with Gasteiger partial charge >= 0.3 is 12.4 Å². The summed E-state index contributed by atoms with van der Waals surface area (Å²) in [5.41, 5.74) is -6.13. The minimum Gasteiger partial charge on any atom is -0.369 e. The van der Waals surface area contributed by atoms with Crippen LogP contribution in [0.4, 0.5) is 32.0 Å². The van der Waals surface area contributed by atoms with E-state index in [1.165, 1.54) is 19.2 Å². The van der Waals surface area contributed by atoms with Crippen molar-refractivity contribution < 1.29 is 40.5 Å². The van der Waals surface area contributed by atoms with Crippen LogP contribution in [0.25, 0.3) is 0 Å². The summed E-state index contributed by atoms with van der Waals surface area (Å²) in [6.07, 6.45) is -8.80. The number of hydrogen-bond donors (Lipinski definition) is 2. The maximum absolute atomic E-state index is 13.1. The van der Waals surface area contributed by atoms with Crippen LogP contribution in [0.15, 0.2) is 41.6 Å². The monoisotopic (exact) mass is 508 g/mol. The SMILES string of the molecule is C=S(=O)(CC1CC1)c1ccc(CC(=O)Nc2ccc(C(O)(C(F)(F)F)C(F)(F)F)cc2C)cn1. The second kappa shape index (κ2) is 8.88. The van der Waals surface area contributed by atoms with E-state index >= 15 is 0 Å².